The predicted molar refractivity (Wildman–Crippen MR) is 139 cm³/mol. The van der Waals surface area contributed by atoms with Crippen LogP contribution in [0.4, 0.5) is 4.39 Å². The zero-order chi connectivity index (χ0) is 25.7. The van der Waals surface area contributed by atoms with Gasteiger partial charge in [0.1, 0.15) is 18.0 Å². The van der Waals surface area contributed by atoms with Gasteiger partial charge in [-0.2, -0.15) is 10.2 Å². The molecule has 0 bridgehead atoms. The molecule has 3 aromatic heterocycles. The molecule has 1 N–H and O–H groups in total. The van der Waals surface area contributed by atoms with Crippen LogP contribution in [0, 0.1) is 19.7 Å². The summed E-state index contributed by atoms with van der Waals surface area (Å²) in [5.41, 5.74) is 5.37. The van der Waals surface area contributed by atoms with E-state index in [1.807, 2.05) is 17.6 Å². The number of aryl methyl sites for hydroxylation is 3. The highest BCUT2D eigenvalue weighted by Crippen LogP contribution is 2.39. The van der Waals surface area contributed by atoms with Crippen LogP contribution in [0.15, 0.2) is 67.1 Å². The van der Waals surface area contributed by atoms with E-state index in [2.05, 4.69) is 27.5 Å². The normalized spacial score (nSPS) is 17.1. The highest BCUT2D eigenvalue weighted by Gasteiger charge is 2.40. The SMILES string of the molecule is Cc1ccc2c3c(nn2c1)CCC(NC(=O)c1ccc(-n2cnc(C)n2)cc1Cl)(c1ccc(F)cc1)C3. The summed E-state index contributed by atoms with van der Waals surface area (Å²) in [6.45, 7) is 3.83. The number of nitrogens with one attached hydrogen (secondary N) is 1. The maximum Gasteiger partial charge on any atom is 0.253 e. The molecule has 5 aromatic rings. The van der Waals surface area contributed by atoms with Crippen LogP contribution in [-0.4, -0.2) is 30.3 Å². The maximum absolute atomic E-state index is 13.8. The molecule has 1 aliphatic carbocycles. The summed E-state index contributed by atoms with van der Waals surface area (Å²) < 4.78 is 17.4. The molecule has 1 atom stereocenters. The van der Waals surface area contributed by atoms with Gasteiger partial charge in [0.25, 0.3) is 5.91 Å². The first kappa shape index (κ1) is 23.4. The lowest BCUT2D eigenvalue weighted by Gasteiger charge is -2.38. The van der Waals surface area contributed by atoms with Gasteiger partial charge in [0.2, 0.25) is 0 Å². The number of amides is 1. The molecule has 186 valence electrons. The van der Waals surface area contributed by atoms with E-state index in [0.717, 1.165) is 27.9 Å². The summed E-state index contributed by atoms with van der Waals surface area (Å²) in [6.07, 6.45) is 5.42. The molecule has 0 aliphatic heterocycles. The summed E-state index contributed by atoms with van der Waals surface area (Å²) >= 11 is 6.58. The fourth-order valence-electron chi connectivity index (χ4n) is 5.15. The van der Waals surface area contributed by atoms with Crippen molar-refractivity contribution in [2.45, 2.75) is 38.6 Å². The van der Waals surface area contributed by atoms with Crippen molar-refractivity contribution in [2.75, 3.05) is 0 Å². The van der Waals surface area contributed by atoms with E-state index in [1.54, 1.807) is 48.3 Å². The second kappa shape index (κ2) is 8.81. The van der Waals surface area contributed by atoms with Crippen LogP contribution >= 0.6 is 11.6 Å². The van der Waals surface area contributed by atoms with E-state index in [-0.39, 0.29) is 11.7 Å². The van der Waals surface area contributed by atoms with Crippen LogP contribution < -0.4 is 5.32 Å². The largest absolute Gasteiger partial charge is 0.342 e. The van der Waals surface area contributed by atoms with E-state index in [4.69, 9.17) is 16.7 Å². The number of carbonyl (C=O) groups is 1. The Balaban J connectivity index is 1.38. The fourth-order valence-corrected chi connectivity index (χ4v) is 5.41. The van der Waals surface area contributed by atoms with Crippen molar-refractivity contribution in [3.05, 3.63) is 112 Å². The van der Waals surface area contributed by atoms with Crippen molar-refractivity contribution in [1.82, 2.24) is 29.7 Å². The molecule has 0 saturated heterocycles. The van der Waals surface area contributed by atoms with Gasteiger partial charge in [-0.1, -0.05) is 29.8 Å². The molecule has 1 amide bonds. The Morgan fingerprint density at radius 2 is 1.89 bits per heavy atom. The number of carbonyl (C=O) groups excluding carboxylic acids is 1. The number of pyridine rings is 1. The molecule has 0 spiro atoms. The second-order valence-corrected chi connectivity index (χ2v) is 9.99. The number of rotatable bonds is 4. The van der Waals surface area contributed by atoms with Gasteiger partial charge >= 0.3 is 0 Å². The lowest BCUT2D eigenvalue weighted by atomic mass is 9.75. The number of halogens is 2. The van der Waals surface area contributed by atoms with Gasteiger partial charge < -0.3 is 5.32 Å². The minimum Gasteiger partial charge on any atom is -0.342 e. The van der Waals surface area contributed by atoms with E-state index < -0.39 is 5.54 Å². The first-order valence-corrected chi connectivity index (χ1v) is 12.4. The summed E-state index contributed by atoms with van der Waals surface area (Å²) in [6, 6.07) is 15.6. The van der Waals surface area contributed by atoms with Gasteiger partial charge in [-0.05, 0) is 74.2 Å². The third-order valence-electron chi connectivity index (χ3n) is 7.05. The van der Waals surface area contributed by atoms with E-state index >= 15 is 0 Å². The Morgan fingerprint density at radius 3 is 2.62 bits per heavy atom. The third kappa shape index (κ3) is 4.17. The summed E-state index contributed by atoms with van der Waals surface area (Å²) in [5, 5.41) is 12.7. The second-order valence-electron chi connectivity index (χ2n) is 9.58. The molecule has 6 rings (SSSR count). The Morgan fingerprint density at radius 1 is 1.08 bits per heavy atom. The Kier molecular flexibility index (Phi) is 5.56. The van der Waals surface area contributed by atoms with Crippen LogP contribution in [0.2, 0.25) is 5.02 Å². The van der Waals surface area contributed by atoms with Gasteiger partial charge in [0.15, 0.2) is 0 Å². The third-order valence-corrected chi connectivity index (χ3v) is 7.36. The maximum atomic E-state index is 13.8. The summed E-state index contributed by atoms with van der Waals surface area (Å²) in [5.74, 6) is 0.0141. The topological polar surface area (TPSA) is 77.1 Å². The monoisotopic (exact) mass is 514 g/mol. The van der Waals surface area contributed by atoms with Crippen LogP contribution in [0.3, 0.4) is 0 Å². The fraction of sp³-hybridized carbons (Fsp3) is 0.214. The number of benzene rings is 2. The van der Waals surface area contributed by atoms with Crippen LogP contribution in [0.25, 0.3) is 11.2 Å². The van der Waals surface area contributed by atoms with E-state index in [9.17, 15) is 9.18 Å². The number of hydrogen-bond acceptors (Lipinski definition) is 4. The lowest BCUT2D eigenvalue weighted by Crippen LogP contribution is -2.49. The van der Waals surface area contributed by atoms with Gasteiger partial charge in [0.05, 0.1) is 33.0 Å². The minimum atomic E-state index is -0.753. The number of fused-ring (bicyclic) bond motifs is 3. The molecule has 0 fully saturated rings. The number of hydrogen-bond donors (Lipinski definition) is 1. The summed E-state index contributed by atoms with van der Waals surface area (Å²) in [4.78, 5) is 17.8. The Labute approximate surface area is 217 Å². The molecular formula is C28H24ClFN6O. The Hall–Kier alpha value is -4.04. The molecule has 2 aromatic carbocycles. The molecular weight excluding hydrogens is 491 g/mol. The standard InChI is InChI=1S/C28H24ClFN6O/c1-17-3-10-26-23-14-28(19-4-6-20(30)7-5-19,12-11-25(23)34-35(26)15-17)32-27(37)22-9-8-21(13-24(22)29)36-16-31-18(2)33-36/h3-10,13,15-16H,11-12,14H2,1-2H3,(H,32,37). The van der Waals surface area contributed by atoms with Crippen LogP contribution in [0.1, 0.15) is 45.0 Å². The minimum absolute atomic E-state index is 0.300. The highest BCUT2D eigenvalue weighted by atomic mass is 35.5. The smallest absolute Gasteiger partial charge is 0.253 e. The first-order valence-electron chi connectivity index (χ1n) is 12.0. The quantitative estimate of drug-likeness (QED) is 0.360. The molecule has 7 nitrogen and oxygen atoms in total. The summed E-state index contributed by atoms with van der Waals surface area (Å²) in [7, 11) is 0. The van der Waals surface area contributed by atoms with E-state index in [0.29, 0.717) is 41.4 Å². The molecule has 37 heavy (non-hydrogen) atoms. The van der Waals surface area contributed by atoms with Gasteiger partial charge in [-0.15, -0.1) is 0 Å². The number of nitrogens with zero attached hydrogens (tertiary/aromatic N) is 5. The van der Waals surface area contributed by atoms with Gasteiger partial charge in [-0.25, -0.2) is 18.6 Å². The Bertz CT molecular complexity index is 1660. The molecule has 9 heteroatoms. The lowest BCUT2D eigenvalue weighted by molar-refractivity contribution is 0.0886. The van der Waals surface area contributed by atoms with Crippen LogP contribution in [-0.2, 0) is 18.4 Å². The number of aromatic nitrogens is 5. The predicted octanol–water partition coefficient (Wildman–Crippen LogP) is 5.14. The average Bonchev–Trinajstić information content (AvgIpc) is 3.46. The van der Waals surface area contributed by atoms with Crippen LogP contribution in [0.5, 0.6) is 0 Å². The molecule has 0 saturated carbocycles. The zero-order valence-electron chi connectivity index (χ0n) is 20.4. The van der Waals surface area contributed by atoms with Crippen molar-refractivity contribution in [3.63, 3.8) is 0 Å². The van der Waals surface area contributed by atoms with Gasteiger partial charge in [0, 0.05) is 18.2 Å². The molecule has 1 unspecified atom stereocenters. The van der Waals surface area contributed by atoms with Crippen molar-refractivity contribution in [1.29, 1.82) is 0 Å². The molecule has 1 aliphatic rings. The van der Waals surface area contributed by atoms with E-state index in [1.165, 1.54) is 12.1 Å². The van der Waals surface area contributed by atoms with Crippen molar-refractivity contribution >= 4 is 23.0 Å². The van der Waals surface area contributed by atoms with Gasteiger partial charge in [-0.3, -0.25) is 4.79 Å². The highest BCUT2D eigenvalue weighted by molar-refractivity contribution is 6.34. The zero-order valence-corrected chi connectivity index (χ0v) is 21.1. The first-order chi connectivity index (χ1) is 17.8. The van der Waals surface area contributed by atoms with Crippen molar-refractivity contribution < 1.29 is 9.18 Å². The molecule has 0 radical (unpaired) electrons. The van der Waals surface area contributed by atoms with Crippen molar-refractivity contribution in [3.8, 4) is 5.69 Å². The molecule has 3 heterocycles. The average molecular weight is 515 g/mol. The van der Waals surface area contributed by atoms with Crippen molar-refractivity contribution in [2.24, 2.45) is 0 Å².